The molecule has 0 amide bonds. The fraction of sp³-hybridized carbons (Fsp3) is 0.409. The summed E-state index contributed by atoms with van der Waals surface area (Å²) in [4.78, 5) is 11.3. The number of carbonyl (C=O) groups is 1. The van der Waals surface area contributed by atoms with Gasteiger partial charge < -0.3 is 24.6 Å². The van der Waals surface area contributed by atoms with Crippen molar-refractivity contribution in [1.82, 2.24) is 4.72 Å². The molecule has 3 N–H and O–H groups in total. The van der Waals surface area contributed by atoms with E-state index in [9.17, 15) is 18.3 Å². The lowest BCUT2D eigenvalue weighted by Crippen LogP contribution is -2.32. The minimum absolute atomic E-state index is 0.104. The molecular weight excluding hydrogens is 436 g/mol. The molecule has 1 atom stereocenters. The van der Waals surface area contributed by atoms with Crippen LogP contribution >= 0.6 is 0 Å². The minimum atomic E-state index is -3.94. The largest absolute Gasteiger partial charge is 0.493 e. The summed E-state index contributed by atoms with van der Waals surface area (Å²) in [7, 11) is -0.817. The average Bonchev–Trinajstić information content (AvgIpc) is 3.31. The van der Waals surface area contributed by atoms with E-state index in [-0.39, 0.29) is 23.1 Å². The molecule has 0 saturated carbocycles. The van der Waals surface area contributed by atoms with Crippen LogP contribution in [0.25, 0.3) is 0 Å². The van der Waals surface area contributed by atoms with E-state index in [4.69, 9.17) is 14.2 Å². The molecule has 10 heteroatoms. The Balaban J connectivity index is 1.74. The van der Waals surface area contributed by atoms with Crippen LogP contribution in [0.4, 0.5) is 5.69 Å². The van der Waals surface area contributed by atoms with Crippen LogP contribution in [-0.4, -0.2) is 59.5 Å². The molecule has 0 radical (unpaired) electrons. The Morgan fingerprint density at radius 1 is 1.16 bits per heavy atom. The number of benzene rings is 2. The smallest absolute Gasteiger partial charge is 0.335 e. The molecule has 3 rings (SSSR count). The highest BCUT2D eigenvalue weighted by atomic mass is 32.2. The molecule has 174 valence electrons. The lowest BCUT2D eigenvalue weighted by molar-refractivity contribution is 0.0696. The third-order valence-corrected chi connectivity index (χ3v) is 6.68. The predicted molar refractivity (Wildman–Crippen MR) is 119 cm³/mol. The Morgan fingerprint density at radius 2 is 1.94 bits per heavy atom. The number of nitrogens with one attached hydrogen (secondary N) is 2. The zero-order valence-corrected chi connectivity index (χ0v) is 18.9. The highest BCUT2D eigenvalue weighted by molar-refractivity contribution is 7.89. The van der Waals surface area contributed by atoms with Crippen molar-refractivity contribution in [2.75, 3.05) is 39.2 Å². The number of hydrogen-bond donors (Lipinski definition) is 3. The Morgan fingerprint density at radius 3 is 2.59 bits per heavy atom. The molecule has 1 aliphatic heterocycles. The van der Waals surface area contributed by atoms with Gasteiger partial charge in [0.05, 0.1) is 31.6 Å². The molecule has 0 bridgehead atoms. The fourth-order valence-corrected chi connectivity index (χ4v) is 4.76. The first kappa shape index (κ1) is 23.8. The first-order valence-corrected chi connectivity index (χ1v) is 11.8. The average molecular weight is 465 g/mol. The van der Waals surface area contributed by atoms with Gasteiger partial charge in [0.15, 0.2) is 11.5 Å². The lowest BCUT2D eigenvalue weighted by Gasteiger charge is -2.16. The Labute approximate surface area is 187 Å². The normalized spacial score (nSPS) is 16.0. The predicted octanol–water partition coefficient (Wildman–Crippen LogP) is 2.51. The van der Waals surface area contributed by atoms with Crippen LogP contribution in [0.1, 0.15) is 28.8 Å². The van der Waals surface area contributed by atoms with Crippen LogP contribution in [-0.2, 0) is 21.2 Å². The maximum atomic E-state index is 12.9. The van der Waals surface area contributed by atoms with Gasteiger partial charge in [-0.2, -0.15) is 0 Å². The van der Waals surface area contributed by atoms with E-state index < -0.39 is 16.0 Å². The molecule has 32 heavy (non-hydrogen) atoms. The number of ether oxygens (including phenoxy) is 3. The SMILES string of the molecule is COc1ccc(CCNc2ccc(C(=O)O)cc2S(=O)(=O)NCC2CCCO2)cc1OC. The van der Waals surface area contributed by atoms with Crippen LogP contribution in [0, 0.1) is 0 Å². The van der Waals surface area contributed by atoms with Crippen LogP contribution in [0.3, 0.4) is 0 Å². The third-order valence-electron chi connectivity index (χ3n) is 5.22. The van der Waals surface area contributed by atoms with Gasteiger partial charge in [-0.25, -0.2) is 17.9 Å². The van der Waals surface area contributed by atoms with Crippen molar-refractivity contribution in [1.29, 1.82) is 0 Å². The summed E-state index contributed by atoms with van der Waals surface area (Å²) < 4.78 is 44.4. The van der Waals surface area contributed by atoms with Gasteiger partial charge in [-0.05, 0) is 55.2 Å². The van der Waals surface area contributed by atoms with Crippen LogP contribution in [0.2, 0.25) is 0 Å². The summed E-state index contributed by atoms with van der Waals surface area (Å²) in [5.74, 6) is 0.0361. The molecule has 1 fully saturated rings. The summed E-state index contributed by atoms with van der Waals surface area (Å²) in [6.07, 6.45) is 2.09. The molecule has 1 unspecified atom stereocenters. The molecule has 2 aromatic carbocycles. The summed E-state index contributed by atoms with van der Waals surface area (Å²) in [6, 6.07) is 9.57. The van der Waals surface area contributed by atoms with Crippen molar-refractivity contribution < 1.29 is 32.5 Å². The van der Waals surface area contributed by atoms with E-state index in [2.05, 4.69) is 10.0 Å². The second-order valence-electron chi connectivity index (χ2n) is 7.37. The van der Waals surface area contributed by atoms with Gasteiger partial charge >= 0.3 is 5.97 Å². The summed E-state index contributed by atoms with van der Waals surface area (Å²) >= 11 is 0. The molecule has 2 aromatic rings. The molecule has 1 aliphatic rings. The second kappa shape index (κ2) is 10.7. The number of sulfonamides is 1. The number of aromatic carboxylic acids is 1. The number of rotatable bonds is 11. The van der Waals surface area contributed by atoms with E-state index in [0.29, 0.717) is 36.8 Å². The first-order valence-electron chi connectivity index (χ1n) is 10.3. The number of hydrogen-bond acceptors (Lipinski definition) is 7. The topological polar surface area (TPSA) is 123 Å². The van der Waals surface area contributed by atoms with Gasteiger partial charge in [-0.1, -0.05) is 6.07 Å². The molecular formula is C22H28N2O7S. The van der Waals surface area contributed by atoms with Crippen LogP contribution < -0.4 is 19.5 Å². The maximum absolute atomic E-state index is 12.9. The van der Waals surface area contributed by atoms with Gasteiger partial charge in [-0.3, -0.25) is 0 Å². The number of carboxylic acids is 1. The molecule has 0 spiro atoms. The highest BCUT2D eigenvalue weighted by Crippen LogP contribution is 2.28. The van der Waals surface area contributed by atoms with E-state index in [0.717, 1.165) is 18.4 Å². The zero-order chi connectivity index (χ0) is 23.1. The minimum Gasteiger partial charge on any atom is -0.493 e. The maximum Gasteiger partial charge on any atom is 0.335 e. The summed E-state index contributed by atoms with van der Waals surface area (Å²) in [5, 5.41) is 12.4. The van der Waals surface area contributed by atoms with Gasteiger partial charge in [0.25, 0.3) is 0 Å². The Bertz CT molecular complexity index is 1050. The Kier molecular flexibility index (Phi) is 7.94. The van der Waals surface area contributed by atoms with Crippen molar-refractivity contribution in [3.05, 3.63) is 47.5 Å². The van der Waals surface area contributed by atoms with Crippen molar-refractivity contribution in [3.8, 4) is 11.5 Å². The van der Waals surface area contributed by atoms with Gasteiger partial charge in [-0.15, -0.1) is 0 Å². The molecule has 0 aliphatic carbocycles. The van der Waals surface area contributed by atoms with Crippen molar-refractivity contribution in [2.24, 2.45) is 0 Å². The van der Waals surface area contributed by atoms with Gasteiger partial charge in [0.2, 0.25) is 10.0 Å². The Hall–Kier alpha value is -2.82. The van der Waals surface area contributed by atoms with Crippen LogP contribution in [0.5, 0.6) is 11.5 Å². The van der Waals surface area contributed by atoms with E-state index in [1.54, 1.807) is 20.3 Å². The number of carboxylic acid groups (broad SMARTS) is 1. The number of anilines is 1. The standard InChI is InChI=1S/C22H28N2O7S/c1-29-19-8-5-15(12-20(19)30-2)9-10-23-18-7-6-16(22(25)26)13-21(18)32(27,28)24-14-17-4-3-11-31-17/h5-8,12-13,17,23-24H,3-4,9-11,14H2,1-2H3,(H,25,26). The molecule has 0 aromatic heterocycles. The van der Waals surface area contributed by atoms with E-state index in [1.165, 1.54) is 18.2 Å². The number of methoxy groups -OCH3 is 2. The van der Waals surface area contributed by atoms with E-state index >= 15 is 0 Å². The van der Waals surface area contributed by atoms with Gasteiger partial charge in [0, 0.05) is 19.7 Å². The molecule has 1 heterocycles. The zero-order valence-electron chi connectivity index (χ0n) is 18.1. The summed E-state index contributed by atoms with van der Waals surface area (Å²) in [6.45, 7) is 1.19. The lowest BCUT2D eigenvalue weighted by atomic mass is 10.1. The van der Waals surface area contributed by atoms with Crippen molar-refractivity contribution in [3.63, 3.8) is 0 Å². The molecule has 9 nitrogen and oxygen atoms in total. The monoisotopic (exact) mass is 464 g/mol. The van der Waals surface area contributed by atoms with Crippen molar-refractivity contribution >= 4 is 21.7 Å². The third kappa shape index (κ3) is 5.90. The second-order valence-corrected chi connectivity index (χ2v) is 9.10. The summed E-state index contributed by atoms with van der Waals surface area (Å²) in [5.41, 5.74) is 1.20. The van der Waals surface area contributed by atoms with Gasteiger partial charge in [0.1, 0.15) is 4.90 Å². The van der Waals surface area contributed by atoms with Crippen LogP contribution in [0.15, 0.2) is 41.3 Å². The highest BCUT2D eigenvalue weighted by Gasteiger charge is 2.24. The van der Waals surface area contributed by atoms with E-state index in [1.807, 2.05) is 12.1 Å². The quantitative estimate of drug-likeness (QED) is 0.464. The fourth-order valence-electron chi connectivity index (χ4n) is 3.49. The molecule has 1 saturated heterocycles. The first-order chi connectivity index (χ1) is 15.3. The van der Waals surface area contributed by atoms with Crippen molar-refractivity contribution in [2.45, 2.75) is 30.3 Å².